The van der Waals surface area contributed by atoms with Crippen LogP contribution in [0, 0.1) is 5.41 Å². The smallest absolute Gasteiger partial charge is 0.00964 e. The molecule has 1 fully saturated rings. The lowest BCUT2D eigenvalue weighted by Gasteiger charge is -2.27. The van der Waals surface area contributed by atoms with E-state index in [-0.39, 0.29) is 0 Å². The van der Waals surface area contributed by atoms with Crippen LogP contribution in [0.15, 0.2) is 0 Å². The van der Waals surface area contributed by atoms with Crippen molar-refractivity contribution in [1.82, 2.24) is 4.90 Å². The maximum Gasteiger partial charge on any atom is 0.00964 e. The van der Waals surface area contributed by atoms with Gasteiger partial charge in [-0.15, -0.1) is 0 Å². The molecule has 0 unspecified atom stereocenters. The standard InChI is InChI=1S/C15H32N2/c1-4-5-12-17(14-7-8-14)13-6-9-15(2,3)10-11-16/h14H,4-13,16H2,1-3H3. The minimum Gasteiger partial charge on any atom is -0.330 e. The Morgan fingerprint density at radius 1 is 1.12 bits per heavy atom. The Labute approximate surface area is 108 Å². The van der Waals surface area contributed by atoms with Crippen LogP contribution in [0.5, 0.6) is 0 Å². The molecule has 2 nitrogen and oxygen atoms in total. The molecule has 17 heavy (non-hydrogen) atoms. The van der Waals surface area contributed by atoms with Gasteiger partial charge < -0.3 is 10.6 Å². The van der Waals surface area contributed by atoms with Crippen LogP contribution in [0.4, 0.5) is 0 Å². The van der Waals surface area contributed by atoms with E-state index in [9.17, 15) is 0 Å². The number of unbranched alkanes of at least 4 members (excludes halogenated alkanes) is 1. The minimum atomic E-state index is 0.439. The van der Waals surface area contributed by atoms with Crippen LogP contribution < -0.4 is 5.73 Å². The molecule has 1 saturated carbocycles. The van der Waals surface area contributed by atoms with Crippen LogP contribution in [0.25, 0.3) is 0 Å². The molecule has 0 saturated heterocycles. The van der Waals surface area contributed by atoms with E-state index in [1.807, 2.05) is 0 Å². The zero-order chi connectivity index (χ0) is 12.7. The van der Waals surface area contributed by atoms with Crippen molar-refractivity contribution in [2.45, 2.75) is 71.8 Å². The van der Waals surface area contributed by atoms with Gasteiger partial charge in [-0.2, -0.15) is 0 Å². The summed E-state index contributed by atoms with van der Waals surface area (Å²) < 4.78 is 0. The lowest BCUT2D eigenvalue weighted by atomic mass is 9.84. The molecule has 0 aliphatic heterocycles. The molecule has 1 aliphatic rings. The van der Waals surface area contributed by atoms with Crippen molar-refractivity contribution in [1.29, 1.82) is 0 Å². The topological polar surface area (TPSA) is 29.3 Å². The van der Waals surface area contributed by atoms with Crippen LogP contribution in [0.2, 0.25) is 0 Å². The van der Waals surface area contributed by atoms with E-state index in [0.29, 0.717) is 5.41 Å². The second kappa shape index (κ2) is 7.38. The molecule has 2 heteroatoms. The van der Waals surface area contributed by atoms with Gasteiger partial charge in [0.25, 0.3) is 0 Å². The number of rotatable bonds is 10. The molecular weight excluding hydrogens is 208 g/mol. The van der Waals surface area contributed by atoms with E-state index in [1.165, 1.54) is 51.6 Å². The average molecular weight is 240 g/mol. The van der Waals surface area contributed by atoms with E-state index in [4.69, 9.17) is 5.73 Å². The minimum absolute atomic E-state index is 0.439. The van der Waals surface area contributed by atoms with E-state index < -0.39 is 0 Å². The van der Waals surface area contributed by atoms with Gasteiger partial charge in [0.05, 0.1) is 0 Å². The third-order valence-corrected chi connectivity index (χ3v) is 3.98. The van der Waals surface area contributed by atoms with Gasteiger partial charge in [-0.3, -0.25) is 0 Å². The van der Waals surface area contributed by atoms with Crippen LogP contribution in [-0.2, 0) is 0 Å². The van der Waals surface area contributed by atoms with Crippen molar-refractivity contribution in [3.8, 4) is 0 Å². The van der Waals surface area contributed by atoms with E-state index in [1.54, 1.807) is 0 Å². The van der Waals surface area contributed by atoms with Gasteiger partial charge >= 0.3 is 0 Å². The zero-order valence-corrected chi connectivity index (χ0v) is 12.2. The van der Waals surface area contributed by atoms with Gasteiger partial charge in [0.2, 0.25) is 0 Å². The number of hydrogen-bond acceptors (Lipinski definition) is 2. The molecular formula is C15H32N2. The third kappa shape index (κ3) is 6.42. The third-order valence-electron chi connectivity index (χ3n) is 3.98. The molecule has 0 aromatic heterocycles. The number of nitrogens with two attached hydrogens (primary N) is 1. The number of nitrogens with zero attached hydrogens (tertiary/aromatic N) is 1. The summed E-state index contributed by atoms with van der Waals surface area (Å²) in [6.45, 7) is 10.4. The Balaban J connectivity index is 2.17. The van der Waals surface area contributed by atoms with Gasteiger partial charge in [0.1, 0.15) is 0 Å². The molecule has 0 radical (unpaired) electrons. The number of hydrogen-bond donors (Lipinski definition) is 1. The first kappa shape index (κ1) is 15.0. The predicted molar refractivity (Wildman–Crippen MR) is 76.2 cm³/mol. The van der Waals surface area contributed by atoms with Crippen LogP contribution in [-0.4, -0.2) is 30.6 Å². The molecule has 0 amide bonds. The van der Waals surface area contributed by atoms with Crippen molar-refractivity contribution in [2.75, 3.05) is 19.6 Å². The highest BCUT2D eigenvalue weighted by molar-refractivity contribution is 4.84. The Hall–Kier alpha value is -0.0800. The van der Waals surface area contributed by atoms with Gasteiger partial charge in [-0.1, -0.05) is 27.2 Å². The highest BCUT2D eigenvalue weighted by Crippen LogP contribution is 2.30. The SMILES string of the molecule is CCCCN(CCCC(C)(C)CCN)C1CC1. The molecule has 0 aromatic rings. The fourth-order valence-electron chi connectivity index (χ4n) is 2.55. The van der Waals surface area contributed by atoms with Gasteiger partial charge in [-0.25, -0.2) is 0 Å². The van der Waals surface area contributed by atoms with Crippen molar-refractivity contribution >= 4 is 0 Å². The maximum atomic E-state index is 5.66. The van der Waals surface area contributed by atoms with Crippen LogP contribution >= 0.6 is 0 Å². The van der Waals surface area contributed by atoms with Crippen molar-refractivity contribution in [3.05, 3.63) is 0 Å². The summed E-state index contributed by atoms with van der Waals surface area (Å²) in [5.41, 5.74) is 6.10. The molecule has 0 spiro atoms. The summed E-state index contributed by atoms with van der Waals surface area (Å²) in [6.07, 6.45) is 9.38. The van der Waals surface area contributed by atoms with E-state index in [2.05, 4.69) is 25.7 Å². The first-order valence-corrected chi connectivity index (χ1v) is 7.53. The first-order chi connectivity index (χ1) is 8.09. The van der Waals surface area contributed by atoms with E-state index >= 15 is 0 Å². The fraction of sp³-hybridized carbons (Fsp3) is 1.00. The van der Waals surface area contributed by atoms with Crippen molar-refractivity contribution in [2.24, 2.45) is 11.1 Å². The Morgan fingerprint density at radius 3 is 2.29 bits per heavy atom. The highest BCUT2D eigenvalue weighted by Gasteiger charge is 2.28. The zero-order valence-electron chi connectivity index (χ0n) is 12.2. The lowest BCUT2D eigenvalue weighted by Crippen LogP contribution is -2.29. The maximum absolute atomic E-state index is 5.66. The molecule has 2 N–H and O–H groups in total. The second-order valence-electron chi connectivity index (χ2n) is 6.43. The van der Waals surface area contributed by atoms with Crippen molar-refractivity contribution < 1.29 is 0 Å². The Morgan fingerprint density at radius 2 is 1.76 bits per heavy atom. The summed E-state index contributed by atoms with van der Waals surface area (Å²) in [7, 11) is 0. The van der Waals surface area contributed by atoms with Crippen molar-refractivity contribution in [3.63, 3.8) is 0 Å². The molecule has 1 aliphatic carbocycles. The molecule has 0 atom stereocenters. The first-order valence-electron chi connectivity index (χ1n) is 7.53. The monoisotopic (exact) mass is 240 g/mol. The largest absolute Gasteiger partial charge is 0.330 e. The molecule has 0 bridgehead atoms. The van der Waals surface area contributed by atoms with Gasteiger partial charge in [-0.05, 0) is 63.6 Å². The normalized spacial score (nSPS) is 16.8. The molecule has 0 aromatic carbocycles. The fourth-order valence-corrected chi connectivity index (χ4v) is 2.55. The summed E-state index contributed by atoms with van der Waals surface area (Å²) in [5, 5.41) is 0. The Kier molecular flexibility index (Phi) is 6.50. The molecule has 1 rings (SSSR count). The average Bonchev–Trinajstić information content (AvgIpc) is 3.06. The summed E-state index contributed by atoms with van der Waals surface area (Å²) in [6, 6.07) is 0.930. The van der Waals surface area contributed by atoms with Crippen LogP contribution in [0.3, 0.4) is 0 Å². The summed E-state index contributed by atoms with van der Waals surface area (Å²) in [4.78, 5) is 2.72. The predicted octanol–water partition coefficient (Wildman–Crippen LogP) is 3.41. The lowest BCUT2D eigenvalue weighted by molar-refractivity contribution is 0.225. The summed E-state index contributed by atoms with van der Waals surface area (Å²) >= 11 is 0. The quantitative estimate of drug-likeness (QED) is 0.634. The van der Waals surface area contributed by atoms with Gasteiger partial charge in [0.15, 0.2) is 0 Å². The van der Waals surface area contributed by atoms with Crippen LogP contribution in [0.1, 0.15) is 65.7 Å². The summed E-state index contributed by atoms with van der Waals surface area (Å²) in [5.74, 6) is 0. The van der Waals surface area contributed by atoms with Gasteiger partial charge in [0, 0.05) is 6.04 Å². The second-order valence-corrected chi connectivity index (χ2v) is 6.43. The molecule has 0 heterocycles. The molecule has 102 valence electrons. The van der Waals surface area contributed by atoms with E-state index in [0.717, 1.165) is 19.0 Å². The Bertz CT molecular complexity index is 197. The highest BCUT2D eigenvalue weighted by atomic mass is 15.2.